The summed E-state index contributed by atoms with van der Waals surface area (Å²) in [7, 11) is 0. The largest absolute Gasteiger partial charge is 0.379 e. The molecule has 4 heteroatoms. The van der Waals surface area contributed by atoms with Crippen molar-refractivity contribution >= 4 is 21.8 Å². The third kappa shape index (κ3) is 3.70. The number of amides is 1. The van der Waals surface area contributed by atoms with Crippen molar-refractivity contribution in [3.8, 4) is 0 Å². The van der Waals surface area contributed by atoms with Crippen LogP contribution in [0, 0.1) is 17.8 Å². The number of nitrogens with one attached hydrogen (secondary N) is 1. The number of rotatable bonds is 8. The summed E-state index contributed by atoms with van der Waals surface area (Å²) >= 11 is 3.31. The van der Waals surface area contributed by atoms with Crippen molar-refractivity contribution in [1.82, 2.24) is 5.32 Å². The first-order chi connectivity index (χ1) is 8.83. The quantitative estimate of drug-likeness (QED) is 0.552. The Morgan fingerprint density at radius 3 is 2.22 bits per heavy atom. The predicted molar refractivity (Wildman–Crippen MR) is 75.8 cm³/mol. The van der Waals surface area contributed by atoms with Crippen molar-refractivity contribution < 1.29 is 9.53 Å². The smallest absolute Gasteiger partial charge is 0.223 e. The second-order valence-corrected chi connectivity index (χ2v) is 6.29. The molecule has 2 saturated carbocycles. The first kappa shape index (κ1) is 14.3. The first-order valence-corrected chi connectivity index (χ1v) is 8.36. The number of hydrogen-bond donors (Lipinski definition) is 1. The maximum Gasteiger partial charge on any atom is 0.223 e. The molecule has 0 aromatic carbocycles. The summed E-state index contributed by atoms with van der Waals surface area (Å²) in [5.74, 6) is 1.91. The number of halogens is 1. The molecule has 3 nitrogen and oxygen atoms in total. The molecule has 0 atom stereocenters. The number of carbonyl (C=O) groups is 1. The van der Waals surface area contributed by atoms with Gasteiger partial charge >= 0.3 is 0 Å². The average Bonchev–Trinajstić information content (AvgIpc) is 2.23. The zero-order chi connectivity index (χ0) is 12.8. The van der Waals surface area contributed by atoms with Crippen LogP contribution in [0.25, 0.3) is 0 Å². The lowest BCUT2D eigenvalue weighted by molar-refractivity contribution is -0.132. The molecular weight excluding hydrogens is 294 g/mol. The Morgan fingerprint density at radius 1 is 1.17 bits per heavy atom. The van der Waals surface area contributed by atoms with Crippen LogP contribution in [0.3, 0.4) is 0 Å². The van der Waals surface area contributed by atoms with Gasteiger partial charge in [-0.25, -0.2) is 0 Å². The summed E-state index contributed by atoms with van der Waals surface area (Å²) in [5, 5.41) is 3.92. The lowest BCUT2D eigenvalue weighted by Crippen LogP contribution is -2.44. The predicted octanol–water partition coefficient (Wildman–Crippen LogP) is 2.73. The maximum atomic E-state index is 12.3. The van der Waals surface area contributed by atoms with Gasteiger partial charge in [0, 0.05) is 17.8 Å². The van der Waals surface area contributed by atoms with Crippen LogP contribution >= 0.6 is 15.9 Å². The zero-order valence-electron chi connectivity index (χ0n) is 11.0. The molecule has 1 N–H and O–H groups in total. The summed E-state index contributed by atoms with van der Waals surface area (Å²) in [6.45, 7) is 1.99. The second-order valence-electron chi connectivity index (χ2n) is 5.50. The van der Waals surface area contributed by atoms with Crippen molar-refractivity contribution in [2.45, 2.75) is 38.5 Å². The molecule has 2 rings (SSSR count). The molecule has 0 heterocycles. The SMILES string of the molecule is O=C(NCCOCCBr)C(C1CCC1)C1CCC1. The Morgan fingerprint density at radius 2 is 1.78 bits per heavy atom. The molecule has 0 aromatic heterocycles. The van der Waals surface area contributed by atoms with E-state index in [4.69, 9.17) is 4.74 Å². The van der Waals surface area contributed by atoms with Gasteiger partial charge in [0.15, 0.2) is 0 Å². The first-order valence-electron chi connectivity index (χ1n) is 7.24. The molecule has 0 aromatic rings. The lowest BCUT2D eigenvalue weighted by Gasteiger charge is -2.41. The lowest BCUT2D eigenvalue weighted by atomic mass is 9.64. The molecule has 104 valence electrons. The summed E-state index contributed by atoms with van der Waals surface area (Å²) in [6.07, 6.45) is 7.66. The number of ether oxygens (including phenoxy) is 1. The Hall–Kier alpha value is -0.0900. The Balaban J connectivity index is 1.69. The van der Waals surface area contributed by atoms with Crippen molar-refractivity contribution in [3.63, 3.8) is 0 Å². The molecule has 2 fully saturated rings. The minimum atomic E-state index is 0.284. The van der Waals surface area contributed by atoms with E-state index in [9.17, 15) is 4.79 Å². The molecule has 1 amide bonds. The van der Waals surface area contributed by atoms with Gasteiger partial charge in [-0.05, 0) is 37.5 Å². The van der Waals surface area contributed by atoms with E-state index in [2.05, 4.69) is 21.2 Å². The van der Waals surface area contributed by atoms with Crippen molar-refractivity contribution in [2.24, 2.45) is 17.8 Å². The monoisotopic (exact) mass is 317 g/mol. The molecule has 2 aliphatic rings. The van der Waals surface area contributed by atoms with Gasteiger partial charge in [0.05, 0.1) is 13.2 Å². The van der Waals surface area contributed by atoms with Crippen LogP contribution < -0.4 is 5.32 Å². The molecule has 0 bridgehead atoms. The number of carbonyl (C=O) groups excluding carboxylic acids is 1. The molecule has 0 spiro atoms. The molecule has 0 radical (unpaired) electrons. The fraction of sp³-hybridized carbons (Fsp3) is 0.929. The van der Waals surface area contributed by atoms with Crippen LogP contribution in [-0.2, 0) is 9.53 Å². The van der Waals surface area contributed by atoms with Gasteiger partial charge in [-0.3, -0.25) is 4.79 Å². The van der Waals surface area contributed by atoms with E-state index >= 15 is 0 Å². The van der Waals surface area contributed by atoms with E-state index in [1.807, 2.05) is 0 Å². The fourth-order valence-corrected chi connectivity index (χ4v) is 3.16. The second kappa shape index (κ2) is 7.49. The van der Waals surface area contributed by atoms with Gasteiger partial charge in [-0.15, -0.1) is 0 Å². The summed E-state index contributed by atoms with van der Waals surface area (Å²) < 4.78 is 5.35. The van der Waals surface area contributed by atoms with Crippen molar-refractivity contribution in [3.05, 3.63) is 0 Å². The molecular formula is C14H24BrNO2. The highest BCUT2D eigenvalue weighted by Gasteiger charge is 2.40. The van der Waals surface area contributed by atoms with Gasteiger partial charge in [-0.1, -0.05) is 28.8 Å². The highest BCUT2D eigenvalue weighted by molar-refractivity contribution is 9.09. The number of hydrogen-bond acceptors (Lipinski definition) is 2. The fourth-order valence-electron chi connectivity index (χ4n) is 2.93. The van der Waals surface area contributed by atoms with E-state index in [-0.39, 0.29) is 5.91 Å². The Bertz CT molecular complexity index is 251. The molecule has 18 heavy (non-hydrogen) atoms. The van der Waals surface area contributed by atoms with Crippen LogP contribution in [0.1, 0.15) is 38.5 Å². The van der Waals surface area contributed by atoms with Crippen LogP contribution in [0.4, 0.5) is 0 Å². The third-order valence-electron chi connectivity index (χ3n) is 4.39. The van der Waals surface area contributed by atoms with Crippen molar-refractivity contribution in [2.75, 3.05) is 25.1 Å². The summed E-state index contributed by atoms with van der Waals surface area (Å²) in [4.78, 5) is 12.3. The minimum Gasteiger partial charge on any atom is -0.379 e. The van der Waals surface area contributed by atoms with E-state index in [0.717, 1.165) is 5.33 Å². The third-order valence-corrected chi connectivity index (χ3v) is 4.71. The van der Waals surface area contributed by atoms with E-state index in [1.54, 1.807) is 0 Å². The summed E-state index contributed by atoms with van der Waals surface area (Å²) in [5.41, 5.74) is 0. The van der Waals surface area contributed by atoms with Crippen LogP contribution in [0.15, 0.2) is 0 Å². The molecule has 0 aliphatic heterocycles. The van der Waals surface area contributed by atoms with Crippen molar-refractivity contribution in [1.29, 1.82) is 0 Å². The van der Waals surface area contributed by atoms with Crippen LogP contribution in [-0.4, -0.2) is 31.0 Å². The van der Waals surface area contributed by atoms with E-state index in [1.165, 1.54) is 38.5 Å². The van der Waals surface area contributed by atoms with Gasteiger partial charge in [0.25, 0.3) is 0 Å². The van der Waals surface area contributed by atoms with Crippen LogP contribution in [0.2, 0.25) is 0 Å². The zero-order valence-corrected chi connectivity index (χ0v) is 12.6. The van der Waals surface area contributed by atoms with E-state index in [0.29, 0.717) is 37.5 Å². The molecule has 2 aliphatic carbocycles. The highest BCUT2D eigenvalue weighted by atomic mass is 79.9. The standard InChI is InChI=1S/C14H24BrNO2/c15-7-9-18-10-8-16-14(17)13(11-3-1-4-11)12-5-2-6-12/h11-13H,1-10H2,(H,16,17). The average molecular weight is 318 g/mol. The Labute approximate surface area is 118 Å². The van der Waals surface area contributed by atoms with Gasteiger partial charge in [0.1, 0.15) is 0 Å². The summed E-state index contributed by atoms with van der Waals surface area (Å²) in [6, 6.07) is 0. The van der Waals surface area contributed by atoms with Gasteiger partial charge < -0.3 is 10.1 Å². The molecule has 0 saturated heterocycles. The normalized spacial score (nSPS) is 20.6. The topological polar surface area (TPSA) is 38.3 Å². The van der Waals surface area contributed by atoms with Crippen LogP contribution in [0.5, 0.6) is 0 Å². The maximum absolute atomic E-state index is 12.3. The van der Waals surface area contributed by atoms with E-state index < -0.39 is 0 Å². The molecule has 0 unspecified atom stereocenters. The Kier molecular flexibility index (Phi) is 5.96. The van der Waals surface area contributed by atoms with Gasteiger partial charge in [0.2, 0.25) is 5.91 Å². The highest BCUT2D eigenvalue weighted by Crippen LogP contribution is 2.44. The minimum absolute atomic E-state index is 0.284. The van der Waals surface area contributed by atoms with Gasteiger partial charge in [-0.2, -0.15) is 0 Å². The number of alkyl halides is 1.